The maximum Gasteiger partial charge on any atom is 0.170 e. The van der Waals surface area contributed by atoms with Crippen LogP contribution in [-0.2, 0) is 0 Å². The average molecular weight is 339 g/mol. The molecule has 0 fully saturated rings. The van der Waals surface area contributed by atoms with Crippen molar-refractivity contribution in [1.29, 1.82) is 0 Å². The van der Waals surface area contributed by atoms with Gasteiger partial charge in [0.25, 0.3) is 0 Å². The van der Waals surface area contributed by atoms with Crippen LogP contribution in [0.25, 0.3) is 10.8 Å². The van der Waals surface area contributed by atoms with Crippen molar-refractivity contribution in [2.45, 2.75) is 12.8 Å². The molecule has 0 N–H and O–H groups in total. The molecule has 0 heterocycles. The van der Waals surface area contributed by atoms with Crippen molar-refractivity contribution in [2.75, 3.05) is 0 Å². The van der Waals surface area contributed by atoms with Gasteiger partial charge in [0.2, 0.25) is 0 Å². The number of ketones is 1. The Morgan fingerprint density at radius 3 is 2.19 bits per heavy atom. The van der Waals surface area contributed by atoms with Gasteiger partial charge in [-0.3, -0.25) is 4.79 Å². The Morgan fingerprint density at radius 2 is 1.48 bits per heavy atom. The highest BCUT2D eigenvalue weighted by atomic mass is 79.9. The van der Waals surface area contributed by atoms with Crippen molar-refractivity contribution in [3.63, 3.8) is 0 Å². The van der Waals surface area contributed by atoms with E-state index in [-0.39, 0.29) is 11.7 Å². The third-order valence-electron chi connectivity index (χ3n) is 3.83. The van der Waals surface area contributed by atoms with Crippen LogP contribution in [0.3, 0.4) is 0 Å². The van der Waals surface area contributed by atoms with E-state index in [2.05, 4.69) is 15.9 Å². The van der Waals surface area contributed by atoms with Crippen LogP contribution in [-0.4, -0.2) is 5.78 Å². The first-order valence-corrected chi connectivity index (χ1v) is 7.74. The highest BCUT2D eigenvalue weighted by Crippen LogP contribution is 2.30. The number of rotatable bonds is 3. The summed E-state index contributed by atoms with van der Waals surface area (Å²) in [6.45, 7) is 1.97. The lowest BCUT2D eigenvalue weighted by Crippen LogP contribution is -2.10. The van der Waals surface area contributed by atoms with Crippen LogP contribution in [0.4, 0.5) is 0 Å². The number of fused-ring (bicyclic) bond motifs is 1. The molecule has 2 heteroatoms. The second-order valence-electron chi connectivity index (χ2n) is 5.14. The summed E-state index contributed by atoms with van der Waals surface area (Å²) < 4.78 is 1.02. The van der Waals surface area contributed by atoms with Gasteiger partial charge in [-0.25, -0.2) is 0 Å². The molecule has 0 saturated heterocycles. The molecular formula is C19H15BrO. The predicted molar refractivity (Wildman–Crippen MR) is 90.8 cm³/mol. The van der Waals surface area contributed by atoms with Gasteiger partial charge >= 0.3 is 0 Å². The van der Waals surface area contributed by atoms with Crippen molar-refractivity contribution < 1.29 is 4.79 Å². The van der Waals surface area contributed by atoms with E-state index in [9.17, 15) is 4.79 Å². The quantitative estimate of drug-likeness (QED) is 0.569. The lowest BCUT2D eigenvalue weighted by atomic mass is 9.90. The minimum absolute atomic E-state index is 0.143. The number of halogens is 1. The van der Waals surface area contributed by atoms with E-state index >= 15 is 0 Å². The second-order valence-corrected chi connectivity index (χ2v) is 5.99. The summed E-state index contributed by atoms with van der Waals surface area (Å²) in [5, 5.41) is 2.07. The van der Waals surface area contributed by atoms with Crippen molar-refractivity contribution in [1.82, 2.24) is 0 Å². The van der Waals surface area contributed by atoms with E-state index in [1.165, 1.54) is 0 Å². The highest BCUT2D eigenvalue weighted by molar-refractivity contribution is 9.10. The molecule has 0 bridgehead atoms. The maximum atomic E-state index is 12.9. The molecular weight excluding hydrogens is 324 g/mol. The van der Waals surface area contributed by atoms with Gasteiger partial charge in [-0.05, 0) is 28.5 Å². The molecule has 0 aliphatic heterocycles. The number of carbonyl (C=O) groups is 1. The molecule has 1 atom stereocenters. The fourth-order valence-corrected chi connectivity index (χ4v) is 3.08. The Bertz CT molecular complexity index is 793. The van der Waals surface area contributed by atoms with Gasteiger partial charge in [-0.15, -0.1) is 0 Å². The molecule has 3 rings (SSSR count). The standard InChI is InChI=1S/C19H15BrO/c1-13(14-7-3-2-4-8-14)19(21)17-11-12-18(20)16-10-6-5-9-15(16)17/h2-13H,1H3. The fourth-order valence-electron chi connectivity index (χ4n) is 2.60. The summed E-state index contributed by atoms with van der Waals surface area (Å²) in [6, 6.07) is 21.8. The molecule has 0 amide bonds. The molecule has 1 nitrogen and oxygen atoms in total. The molecule has 0 radical (unpaired) electrons. The van der Waals surface area contributed by atoms with Gasteiger partial charge in [0.15, 0.2) is 5.78 Å². The van der Waals surface area contributed by atoms with Crippen LogP contribution < -0.4 is 0 Å². The fraction of sp³-hybridized carbons (Fsp3) is 0.105. The van der Waals surface area contributed by atoms with Crippen LogP contribution in [0.5, 0.6) is 0 Å². The average Bonchev–Trinajstić information content (AvgIpc) is 2.55. The van der Waals surface area contributed by atoms with E-state index in [4.69, 9.17) is 0 Å². The van der Waals surface area contributed by atoms with Crippen molar-refractivity contribution in [3.05, 3.63) is 82.3 Å². The lowest BCUT2D eigenvalue weighted by Gasteiger charge is -2.13. The molecule has 1 unspecified atom stereocenters. The normalized spacial score (nSPS) is 12.3. The van der Waals surface area contributed by atoms with Crippen molar-refractivity contribution in [3.8, 4) is 0 Å². The Kier molecular flexibility index (Phi) is 3.89. The molecule has 21 heavy (non-hydrogen) atoms. The molecule has 3 aromatic rings. The highest BCUT2D eigenvalue weighted by Gasteiger charge is 2.19. The zero-order chi connectivity index (χ0) is 14.8. The van der Waals surface area contributed by atoms with Gasteiger partial charge in [-0.2, -0.15) is 0 Å². The zero-order valence-corrected chi connectivity index (χ0v) is 13.3. The maximum absolute atomic E-state index is 12.9. The monoisotopic (exact) mass is 338 g/mol. The van der Waals surface area contributed by atoms with Crippen molar-refractivity contribution >= 4 is 32.5 Å². The molecule has 0 aromatic heterocycles. The summed E-state index contributed by atoms with van der Waals surface area (Å²) in [5.41, 5.74) is 1.83. The minimum Gasteiger partial charge on any atom is -0.293 e. The summed E-state index contributed by atoms with van der Waals surface area (Å²) >= 11 is 3.55. The molecule has 0 spiro atoms. The first-order chi connectivity index (χ1) is 10.2. The summed E-state index contributed by atoms with van der Waals surface area (Å²) in [4.78, 5) is 12.9. The zero-order valence-electron chi connectivity index (χ0n) is 11.7. The number of benzene rings is 3. The van der Waals surface area contributed by atoms with Crippen LogP contribution in [0, 0.1) is 0 Å². The number of hydrogen-bond acceptors (Lipinski definition) is 1. The van der Waals surface area contributed by atoms with E-state index in [1.807, 2.05) is 73.7 Å². The molecule has 104 valence electrons. The first-order valence-electron chi connectivity index (χ1n) is 6.95. The third-order valence-corrected chi connectivity index (χ3v) is 4.52. The number of carbonyl (C=O) groups excluding carboxylic acids is 1. The van der Waals surface area contributed by atoms with Gasteiger partial charge in [0, 0.05) is 16.0 Å². The molecule has 3 aromatic carbocycles. The lowest BCUT2D eigenvalue weighted by molar-refractivity contribution is 0.0967. The van der Waals surface area contributed by atoms with Crippen LogP contribution in [0.2, 0.25) is 0 Å². The second kappa shape index (κ2) is 5.82. The Morgan fingerprint density at radius 1 is 0.857 bits per heavy atom. The van der Waals surface area contributed by atoms with Gasteiger partial charge in [0.05, 0.1) is 0 Å². The van der Waals surface area contributed by atoms with Crippen LogP contribution in [0.15, 0.2) is 71.2 Å². The van der Waals surface area contributed by atoms with E-state index in [1.54, 1.807) is 0 Å². The van der Waals surface area contributed by atoms with Crippen LogP contribution >= 0.6 is 15.9 Å². The van der Waals surface area contributed by atoms with E-state index in [0.29, 0.717) is 0 Å². The molecule has 0 aliphatic carbocycles. The smallest absolute Gasteiger partial charge is 0.170 e. The first kappa shape index (κ1) is 14.0. The minimum atomic E-state index is -0.143. The SMILES string of the molecule is CC(C(=O)c1ccc(Br)c2ccccc12)c1ccccc1. The summed E-state index contributed by atoms with van der Waals surface area (Å²) in [5.74, 6) is 0.0145. The summed E-state index contributed by atoms with van der Waals surface area (Å²) in [7, 11) is 0. The topological polar surface area (TPSA) is 17.1 Å². The Hall–Kier alpha value is -1.93. The number of Topliss-reactive ketones (excluding diaryl/α,β-unsaturated/α-hetero) is 1. The molecule has 0 aliphatic rings. The van der Waals surface area contributed by atoms with Gasteiger partial charge in [0.1, 0.15) is 0 Å². The van der Waals surface area contributed by atoms with E-state index in [0.717, 1.165) is 26.4 Å². The van der Waals surface area contributed by atoms with E-state index < -0.39 is 0 Å². The van der Waals surface area contributed by atoms with Crippen LogP contribution in [0.1, 0.15) is 28.8 Å². The third kappa shape index (κ3) is 2.64. The number of hydrogen-bond donors (Lipinski definition) is 0. The van der Waals surface area contributed by atoms with Gasteiger partial charge < -0.3 is 0 Å². The van der Waals surface area contributed by atoms with Gasteiger partial charge in [-0.1, -0.05) is 77.5 Å². The Labute approximate surface area is 132 Å². The Balaban J connectivity index is 2.09. The van der Waals surface area contributed by atoms with Crippen molar-refractivity contribution in [2.24, 2.45) is 0 Å². The predicted octanol–water partition coefficient (Wildman–Crippen LogP) is 5.59. The largest absolute Gasteiger partial charge is 0.293 e. The summed E-state index contributed by atoms with van der Waals surface area (Å²) in [6.07, 6.45) is 0. The molecule has 0 saturated carbocycles.